The highest BCUT2D eigenvalue weighted by Gasteiger charge is 2.19. The molecule has 9 heteroatoms. The molecule has 0 radical (unpaired) electrons. The van der Waals surface area contributed by atoms with E-state index >= 15 is 0 Å². The van der Waals surface area contributed by atoms with Gasteiger partial charge < -0.3 is 9.84 Å². The maximum absolute atomic E-state index is 11.2. The predicted molar refractivity (Wildman–Crippen MR) is 72.0 cm³/mol. The molecule has 2 heterocycles. The lowest BCUT2D eigenvalue weighted by molar-refractivity contribution is 0.0688. The van der Waals surface area contributed by atoms with E-state index in [-0.39, 0.29) is 5.69 Å². The summed E-state index contributed by atoms with van der Waals surface area (Å²) in [5, 5.41) is 20.9. The first-order valence-corrected chi connectivity index (χ1v) is 6.68. The van der Waals surface area contributed by atoms with Gasteiger partial charge in [0, 0.05) is 20.1 Å². The van der Waals surface area contributed by atoms with E-state index < -0.39 is 5.97 Å². The van der Waals surface area contributed by atoms with Gasteiger partial charge in [0.2, 0.25) is 0 Å². The molecule has 9 nitrogen and oxygen atoms in total. The van der Waals surface area contributed by atoms with Crippen molar-refractivity contribution in [1.82, 2.24) is 29.8 Å². The molecule has 0 aliphatic heterocycles. The number of hydrogen-bond donors (Lipinski definition) is 1. The minimum Gasteiger partial charge on any atom is -0.476 e. The third-order valence-electron chi connectivity index (χ3n) is 3.01. The van der Waals surface area contributed by atoms with E-state index in [0.717, 1.165) is 18.8 Å². The minimum atomic E-state index is -1.10. The van der Waals surface area contributed by atoms with Crippen LogP contribution in [0.3, 0.4) is 0 Å². The molecule has 0 saturated heterocycles. The van der Waals surface area contributed by atoms with Crippen molar-refractivity contribution >= 4 is 5.97 Å². The van der Waals surface area contributed by atoms with Crippen molar-refractivity contribution in [3.8, 4) is 0 Å². The van der Waals surface area contributed by atoms with Crippen molar-refractivity contribution in [1.29, 1.82) is 0 Å². The molecule has 2 aromatic rings. The standard InChI is InChI=1S/C12H18N6O3/c1-3-5-17-10(13-8-14-17)7-18-9(4-6-21-2)11(12(19)20)15-16-18/h8H,3-7H2,1-2H3,(H,19,20). The first kappa shape index (κ1) is 15.1. The highest BCUT2D eigenvalue weighted by molar-refractivity contribution is 5.86. The van der Waals surface area contributed by atoms with E-state index in [2.05, 4.69) is 20.4 Å². The van der Waals surface area contributed by atoms with Crippen LogP contribution in [0.4, 0.5) is 0 Å². The number of aromatic nitrogens is 6. The number of nitrogens with zero attached hydrogens (tertiary/aromatic N) is 6. The molecule has 0 bridgehead atoms. The average molecular weight is 294 g/mol. The van der Waals surface area contributed by atoms with E-state index in [4.69, 9.17) is 9.84 Å². The Kier molecular flexibility index (Phi) is 4.99. The number of carboxylic acid groups (broad SMARTS) is 1. The molecule has 0 aliphatic carbocycles. The Morgan fingerprint density at radius 2 is 2.24 bits per heavy atom. The SMILES string of the molecule is CCCn1ncnc1Cn1nnc(C(=O)O)c1CCOC. The Morgan fingerprint density at radius 3 is 2.90 bits per heavy atom. The number of aromatic carboxylic acids is 1. The second-order valence-electron chi connectivity index (χ2n) is 4.49. The average Bonchev–Trinajstić information content (AvgIpc) is 3.05. The Balaban J connectivity index is 2.26. The molecular weight excluding hydrogens is 276 g/mol. The van der Waals surface area contributed by atoms with Crippen molar-refractivity contribution in [2.45, 2.75) is 32.9 Å². The normalized spacial score (nSPS) is 11.0. The van der Waals surface area contributed by atoms with Crippen molar-refractivity contribution < 1.29 is 14.6 Å². The molecule has 0 aliphatic rings. The Morgan fingerprint density at radius 1 is 1.43 bits per heavy atom. The van der Waals surface area contributed by atoms with E-state index in [1.54, 1.807) is 16.5 Å². The largest absolute Gasteiger partial charge is 0.476 e. The molecule has 2 aromatic heterocycles. The van der Waals surface area contributed by atoms with Crippen LogP contribution in [0.5, 0.6) is 0 Å². The number of aryl methyl sites for hydroxylation is 1. The van der Waals surface area contributed by atoms with Crippen LogP contribution < -0.4 is 0 Å². The summed E-state index contributed by atoms with van der Waals surface area (Å²) in [6.45, 7) is 3.53. The molecule has 2 rings (SSSR count). The molecule has 0 aromatic carbocycles. The van der Waals surface area contributed by atoms with Gasteiger partial charge in [0.1, 0.15) is 18.7 Å². The quantitative estimate of drug-likeness (QED) is 0.741. The summed E-state index contributed by atoms with van der Waals surface area (Å²) in [6, 6.07) is 0. The van der Waals surface area contributed by atoms with E-state index in [9.17, 15) is 4.79 Å². The zero-order chi connectivity index (χ0) is 15.2. The lowest BCUT2D eigenvalue weighted by Gasteiger charge is -2.07. The summed E-state index contributed by atoms with van der Waals surface area (Å²) >= 11 is 0. The number of carbonyl (C=O) groups is 1. The number of ether oxygens (including phenoxy) is 1. The lowest BCUT2D eigenvalue weighted by Crippen LogP contribution is -2.15. The summed E-state index contributed by atoms with van der Waals surface area (Å²) in [6.07, 6.45) is 2.84. The van der Waals surface area contributed by atoms with Crippen molar-refractivity contribution in [3.05, 3.63) is 23.5 Å². The van der Waals surface area contributed by atoms with Gasteiger partial charge >= 0.3 is 5.97 Å². The summed E-state index contributed by atoms with van der Waals surface area (Å²) < 4.78 is 8.33. The Labute approximate surface area is 121 Å². The molecule has 0 saturated carbocycles. The Bertz CT molecular complexity index is 606. The predicted octanol–water partition coefficient (Wildman–Crippen LogP) is 0.215. The molecule has 0 atom stereocenters. The number of methoxy groups -OCH3 is 1. The van der Waals surface area contributed by atoms with Crippen LogP contribution in [0.15, 0.2) is 6.33 Å². The minimum absolute atomic E-state index is 0.0476. The first-order valence-electron chi connectivity index (χ1n) is 6.68. The molecule has 0 amide bonds. The lowest BCUT2D eigenvalue weighted by atomic mass is 10.2. The fourth-order valence-electron chi connectivity index (χ4n) is 2.02. The Hall–Kier alpha value is -2.29. The molecule has 114 valence electrons. The summed E-state index contributed by atoms with van der Waals surface area (Å²) in [4.78, 5) is 15.4. The van der Waals surface area contributed by atoms with Crippen LogP contribution in [-0.4, -0.2) is 54.6 Å². The van der Waals surface area contributed by atoms with Gasteiger partial charge in [-0.1, -0.05) is 12.1 Å². The van der Waals surface area contributed by atoms with E-state index in [1.807, 2.05) is 6.92 Å². The van der Waals surface area contributed by atoms with Crippen LogP contribution >= 0.6 is 0 Å². The molecule has 0 spiro atoms. The third kappa shape index (κ3) is 3.43. The van der Waals surface area contributed by atoms with Crippen LogP contribution in [0.2, 0.25) is 0 Å². The number of carboxylic acids is 1. The monoisotopic (exact) mass is 294 g/mol. The van der Waals surface area contributed by atoms with E-state index in [0.29, 0.717) is 25.3 Å². The van der Waals surface area contributed by atoms with E-state index in [1.165, 1.54) is 6.33 Å². The van der Waals surface area contributed by atoms with Crippen LogP contribution in [0, 0.1) is 0 Å². The second kappa shape index (κ2) is 6.93. The second-order valence-corrected chi connectivity index (χ2v) is 4.49. The van der Waals surface area contributed by atoms with Gasteiger partial charge in [-0.15, -0.1) is 5.10 Å². The highest BCUT2D eigenvalue weighted by atomic mass is 16.5. The number of hydrogen-bond acceptors (Lipinski definition) is 6. The molecule has 21 heavy (non-hydrogen) atoms. The van der Waals surface area contributed by atoms with Gasteiger partial charge in [-0.25, -0.2) is 19.1 Å². The van der Waals surface area contributed by atoms with Gasteiger partial charge in [-0.05, 0) is 6.42 Å². The fraction of sp³-hybridized carbons (Fsp3) is 0.583. The molecule has 1 N–H and O–H groups in total. The van der Waals surface area contributed by atoms with Gasteiger partial charge in [-0.3, -0.25) is 0 Å². The van der Waals surface area contributed by atoms with Gasteiger partial charge in [-0.2, -0.15) is 5.10 Å². The summed E-state index contributed by atoms with van der Waals surface area (Å²) in [5.74, 6) is -0.375. The molecule has 0 fully saturated rings. The highest BCUT2D eigenvalue weighted by Crippen LogP contribution is 2.09. The molecular formula is C12H18N6O3. The summed E-state index contributed by atoms with van der Waals surface area (Å²) in [5.41, 5.74) is 0.476. The van der Waals surface area contributed by atoms with Crippen LogP contribution in [0.1, 0.15) is 35.4 Å². The van der Waals surface area contributed by atoms with Crippen molar-refractivity contribution in [3.63, 3.8) is 0 Å². The third-order valence-corrected chi connectivity index (χ3v) is 3.01. The fourth-order valence-corrected chi connectivity index (χ4v) is 2.02. The van der Waals surface area contributed by atoms with Crippen molar-refractivity contribution in [2.24, 2.45) is 0 Å². The van der Waals surface area contributed by atoms with Gasteiger partial charge in [0.25, 0.3) is 0 Å². The van der Waals surface area contributed by atoms with Gasteiger partial charge in [0.15, 0.2) is 5.69 Å². The topological polar surface area (TPSA) is 108 Å². The van der Waals surface area contributed by atoms with Gasteiger partial charge in [0.05, 0.1) is 12.3 Å². The maximum Gasteiger partial charge on any atom is 0.358 e. The molecule has 0 unspecified atom stereocenters. The maximum atomic E-state index is 11.2. The summed E-state index contributed by atoms with van der Waals surface area (Å²) in [7, 11) is 1.56. The number of rotatable bonds is 8. The smallest absolute Gasteiger partial charge is 0.358 e. The van der Waals surface area contributed by atoms with Crippen LogP contribution in [0.25, 0.3) is 0 Å². The van der Waals surface area contributed by atoms with Crippen molar-refractivity contribution in [2.75, 3.05) is 13.7 Å². The van der Waals surface area contributed by atoms with Crippen LogP contribution in [-0.2, 0) is 24.2 Å². The zero-order valence-electron chi connectivity index (χ0n) is 12.1. The first-order chi connectivity index (χ1) is 10.2. The zero-order valence-corrected chi connectivity index (χ0v) is 12.1.